The SMILES string of the molecule is COCCN(CC(C)C)C1(CN)CSCC(C)(C)C1. The van der Waals surface area contributed by atoms with E-state index in [-0.39, 0.29) is 5.54 Å². The molecule has 0 bridgehead atoms. The van der Waals surface area contributed by atoms with Crippen molar-refractivity contribution < 1.29 is 4.74 Å². The van der Waals surface area contributed by atoms with Crippen LogP contribution in [0.4, 0.5) is 0 Å². The van der Waals surface area contributed by atoms with Gasteiger partial charge >= 0.3 is 0 Å². The predicted molar refractivity (Wildman–Crippen MR) is 85.8 cm³/mol. The molecule has 0 aromatic heterocycles. The first kappa shape index (κ1) is 17.3. The Bertz CT molecular complexity index is 271. The highest BCUT2D eigenvalue weighted by Gasteiger charge is 2.43. The minimum Gasteiger partial charge on any atom is -0.383 e. The molecule has 3 nitrogen and oxygen atoms in total. The lowest BCUT2D eigenvalue weighted by Crippen LogP contribution is -2.61. The predicted octanol–water partition coefficient (Wildman–Crippen LogP) is 2.45. The molecule has 1 rings (SSSR count). The second kappa shape index (κ2) is 7.30. The maximum atomic E-state index is 6.21. The van der Waals surface area contributed by atoms with Gasteiger partial charge in [-0.3, -0.25) is 4.90 Å². The first-order valence-corrected chi connectivity index (χ1v) is 8.52. The summed E-state index contributed by atoms with van der Waals surface area (Å²) in [6, 6.07) is 0. The molecule has 0 saturated carbocycles. The van der Waals surface area contributed by atoms with Gasteiger partial charge in [0.1, 0.15) is 0 Å². The molecule has 1 heterocycles. The lowest BCUT2D eigenvalue weighted by atomic mass is 9.78. The summed E-state index contributed by atoms with van der Waals surface area (Å²) < 4.78 is 5.30. The van der Waals surface area contributed by atoms with Crippen molar-refractivity contribution >= 4 is 11.8 Å². The smallest absolute Gasteiger partial charge is 0.0589 e. The minimum atomic E-state index is 0.148. The van der Waals surface area contributed by atoms with Crippen LogP contribution in [0.3, 0.4) is 0 Å². The van der Waals surface area contributed by atoms with Crippen LogP contribution < -0.4 is 5.73 Å². The van der Waals surface area contributed by atoms with Crippen LogP contribution in [0, 0.1) is 11.3 Å². The third kappa shape index (κ3) is 4.92. The van der Waals surface area contributed by atoms with Crippen molar-refractivity contribution in [2.45, 2.75) is 39.7 Å². The van der Waals surface area contributed by atoms with Gasteiger partial charge < -0.3 is 10.5 Å². The van der Waals surface area contributed by atoms with E-state index in [2.05, 4.69) is 44.4 Å². The first-order chi connectivity index (χ1) is 8.85. The number of nitrogens with zero attached hydrogens (tertiary/aromatic N) is 1. The summed E-state index contributed by atoms with van der Waals surface area (Å²) in [5, 5.41) is 0. The average Bonchev–Trinajstić information content (AvgIpc) is 2.32. The van der Waals surface area contributed by atoms with E-state index in [9.17, 15) is 0 Å². The molecule has 1 unspecified atom stereocenters. The van der Waals surface area contributed by atoms with Crippen molar-refractivity contribution in [1.29, 1.82) is 0 Å². The number of ether oxygens (including phenoxy) is 1. The van der Waals surface area contributed by atoms with Crippen LogP contribution in [-0.2, 0) is 4.74 Å². The van der Waals surface area contributed by atoms with Gasteiger partial charge in [-0.25, -0.2) is 0 Å². The standard InChI is InChI=1S/C15H32N2OS/c1-13(2)8-17(6-7-18-5)15(10-16)9-14(3,4)11-19-12-15/h13H,6-12,16H2,1-5H3. The molecule has 1 fully saturated rings. The molecule has 4 heteroatoms. The topological polar surface area (TPSA) is 38.5 Å². The maximum Gasteiger partial charge on any atom is 0.0589 e. The summed E-state index contributed by atoms with van der Waals surface area (Å²) in [6.45, 7) is 12.9. The molecular formula is C15H32N2OS. The van der Waals surface area contributed by atoms with E-state index in [1.54, 1.807) is 7.11 Å². The zero-order chi connectivity index (χ0) is 14.5. The second-order valence-electron chi connectivity index (χ2n) is 7.09. The number of methoxy groups -OCH3 is 1. The Kier molecular flexibility index (Phi) is 6.64. The Balaban J connectivity index is 2.86. The molecule has 2 N–H and O–H groups in total. The molecule has 1 aliphatic heterocycles. The maximum absolute atomic E-state index is 6.21. The summed E-state index contributed by atoms with van der Waals surface area (Å²) in [5.74, 6) is 3.06. The number of rotatable bonds is 7. The third-order valence-electron chi connectivity index (χ3n) is 3.87. The number of hydrogen-bond donors (Lipinski definition) is 1. The van der Waals surface area contributed by atoms with Crippen LogP contribution in [0.25, 0.3) is 0 Å². The van der Waals surface area contributed by atoms with Crippen LogP contribution in [0.2, 0.25) is 0 Å². The fraction of sp³-hybridized carbons (Fsp3) is 1.00. The molecule has 0 aliphatic carbocycles. The number of thioether (sulfide) groups is 1. The molecule has 114 valence electrons. The Labute approximate surface area is 123 Å². The highest BCUT2D eigenvalue weighted by Crippen LogP contribution is 2.42. The molecule has 1 atom stereocenters. The summed E-state index contributed by atoms with van der Waals surface area (Å²) in [6.07, 6.45) is 1.19. The van der Waals surface area contributed by atoms with E-state index in [0.29, 0.717) is 11.3 Å². The van der Waals surface area contributed by atoms with Gasteiger partial charge in [-0.15, -0.1) is 0 Å². The van der Waals surface area contributed by atoms with Gasteiger partial charge in [-0.1, -0.05) is 27.7 Å². The van der Waals surface area contributed by atoms with E-state index in [1.165, 1.54) is 12.2 Å². The Morgan fingerprint density at radius 1 is 1.32 bits per heavy atom. The van der Waals surface area contributed by atoms with Crippen molar-refractivity contribution in [3.63, 3.8) is 0 Å². The molecule has 0 amide bonds. The summed E-state index contributed by atoms with van der Waals surface area (Å²) in [7, 11) is 1.78. The normalized spacial score (nSPS) is 27.2. The number of nitrogens with two attached hydrogens (primary N) is 1. The molecule has 0 radical (unpaired) electrons. The van der Waals surface area contributed by atoms with E-state index in [0.717, 1.165) is 32.0 Å². The van der Waals surface area contributed by atoms with Gasteiger partial charge in [0.25, 0.3) is 0 Å². The van der Waals surface area contributed by atoms with Crippen LogP contribution >= 0.6 is 11.8 Å². The molecule has 0 aromatic carbocycles. The van der Waals surface area contributed by atoms with Crippen LogP contribution in [0.5, 0.6) is 0 Å². The van der Waals surface area contributed by atoms with Crippen molar-refractivity contribution in [2.75, 3.05) is 44.9 Å². The second-order valence-corrected chi connectivity index (χ2v) is 8.08. The van der Waals surface area contributed by atoms with Crippen molar-refractivity contribution in [3.8, 4) is 0 Å². The summed E-state index contributed by atoms with van der Waals surface area (Å²) in [5.41, 5.74) is 6.74. The van der Waals surface area contributed by atoms with E-state index >= 15 is 0 Å². The third-order valence-corrected chi connectivity index (χ3v) is 5.60. The lowest BCUT2D eigenvalue weighted by molar-refractivity contribution is 0.0347. The van der Waals surface area contributed by atoms with Gasteiger partial charge in [0.05, 0.1) is 6.61 Å². The highest BCUT2D eigenvalue weighted by atomic mass is 32.2. The van der Waals surface area contributed by atoms with Gasteiger partial charge in [-0.2, -0.15) is 11.8 Å². The van der Waals surface area contributed by atoms with E-state index in [4.69, 9.17) is 10.5 Å². The Morgan fingerprint density at radius 2 is 2.00 bits per heavy atom. The minimum absolute atomic E-state index is 0.148. The van der Waals surface area contributed by atoms with Gasteiger partial charge in [0, 0.05) is 38.0 Å². The highest BCUT2D eigenvalue weighted by molar-refractivity contribution is 7.99. The monoisotopic (exact) mass is 288 g/mol. The molecule has 0 spiro atoms. The van der Waals surface area contributed by atoms with Crippen molar-refractivity contribution in [1.82, 2.24) is 4.90 Å². The van der Waals surface area contributed by atoms with Crippen LogP contribution in [0.15, 0.2) is 0 Å². The van der Waals surface area contributed by atoms with E-state index < -0.39 is 0 Å². The van der Waals surface area contributed by atoms with Crippen LogP contribution in [-0.4, -0.2) is 55.3 Å². The van der Waals surface area contributed by atoms with Gasteiger partial charge in [0.15, 0.2) is 0 Å². The largest absolute Gasteiger partial charge is 0.383 e. The molecule has 1 saturated heterocycles. The molecular weight excluding hydrogens is 256 g/mol. The van der Waals surface area contributed by atoms with Gasteiger partial charge in [0.2, 0.25) is 0 Å². The summed E-state index contributed by atoms with van der Waals surface area (Å²) in [4.78, 5) is 2.59. The Morgan fingerprint density at radius 3 is 2.47 bits per heavy atom. The Hall–Kier alpha value is 0.230. The average molecular weight is 289 g/mol. The molecule has 1 aliphatic rings. The number of hydrogen-bond acceptors (Lipinski definition) is 4. The van der Waals surface area contributed by atoms with Crippen molar-refractivity contribution in [3.05, 3.63) is 0 Å². The van der Waals surface area contributed by atoms with E-state index in [1.807, 2.05) is 0 Å². The van der Waals surface area contributed by atoms with Gasteiger partial charge in [-0.05, 0) is 23.5 Å². The molecule has 19 heavy (non-hydrogen) atoms. The van der Waals surface area contributed by atoms with Crippen molar-refractivity contribution in [2.24, 2.45) is 17.1 Å². The summed E-state index contributed by atoms with van der Waals surface area (Å²) >= 11 is 2.06. The first-order valence-electron chi connectivity index (χ1n) is 7.37. The van der Waals surface area contributed by atoms with Crippen LogP contribution in [0.1, 0.15) is 34.1 Å². The zero-order valence-electron chi connectivity index (χ0n) is 13.4. The fourth-order valence-electron chi connectivity index (χ4n) is 3.14. The quantitative estimate of drug-likeness (QED) is 0.781. The fourth-order valence-corrected chi connectivity index (χ4v) is 4.68. The lowest BCUT2D eigenvalue weighted by Gasteiger charge is -2.51. The molecule has 0 aromatic rings. The zero-order valence-corrected chi connectivity index (χ0v) is 14.2.